The molecule has 0 bridgehead atoms. The zero-order valence-electron chi connectivity index (χ0n) is 15.6. The Morgan fingerprint density at radius 3 is 2.73 bits per heavy atom. The van der Waals surface area contributed by atoms with Gasteiger partial charge in [-0.25, -0.2) is 4.98 Å². The standard InChI is InChI=1S/C20H31N3O3/c24-19(15-25-14-18-5-2-12-26-18)22-9-6-17(7-10-22)20-21-8-11-23(20)13-16-3-1-4-16/h8,11,16-18H,1-7,9-10,12-15H2/t18-/m0/s1. The Bertz CT molecular complexity index is 585. The van der Waals surface area contributed by atoms with Gasteiger partial charge in [0.15, 0.2) is 0 Å². The quantitative estimate of drug-likeness (QED) is 0.749. The zero-order chi connectivity index (χ0) is 17.8. The first-order valence-corrected chi connectivity index (χ1v) is 10.3. The first-order valence-electron chi connectivity index (χ1n) is 10.3. The molecule has 1 amide bonds. The highest BCUT2D eigenvalue weighted by Crippen LogP contribution is 2.31. The number of hydrogen-bond acceptors (Lipinski definition) is 4. The SMILES string of the molecule is O=C(COC[C@@H]1CCCO1)N1CCC(c2nccn2CC2CCC2)CC1. The molecule has 144 valence electrons. The molecule has 1 aromatic heterocycles. The van der Waals surface area contributed by atoms with E-state index >= 15 is 0 Å². The normalized spacial score (nSPS) is 24.8. The number of piperidine rings is 1. The summed E-state index contributed by atoms with van der Waals surface area (Å²) in [4.78, 5) is 18.9. The van der Waals surface area contributed by atoms with Gasteiger partial charge in [0.05, 0.1) is 12.7 Å². The molecule has 1 saturated carbocycles. The summed E-state index contributed by atoms with van der Waals surface area (Å²) in [5.41, 5.74) is 0. The lowest BCUT2D eigenvalue weighted by molar-refractivity contribution is -0.138. The first kappa shape index (κ1) is 18.0. The lowest BCUT2D eigenvalue weighted by atomic mass is 9.85. The van der Waals surface area contributed by atoms with E-state index in [2.05, 4.69) is 15.7 Å². The van der Waals surface area contributed by atoms with Gasteiger partial charge in [-0.3, -0.25) is 4.79 Å². The van der Waals surface area contributed by atoms with Crippen molar-refractivity contribution in [1.29, 1.82) is 0 Å². The van der Waals surface area contributed by atoms with Crippen molar-refractivity contribution in [2.75, 3.05) is 32.9 Å². The average Bonchev–Trinajstić information content (AvgIpc) is 3.30. The molecule has 6 nitrogen and oxygen atoms in total. The minimum atomic E-state index is 0.110. The predicted octanol–water partition coefficient (Wildman–Crippen LogP) is 2.58. The van der Waals surface area contributed by atoms with Crippen molar-refractivity contribution in [3.8, 4) is 0 Å². The second-order valence-electron chi connectivity index (χ2n) is 8.04. The Morgan fingerprint density at radius 1 is 1.19 bits per heavy atom. The van der Waals surface area contributed by atoms with Crippen molar-refractivity contribution in [2.24, 2.45) is 5.92 Å². The van der Waals surface area contributed by atoms with E-state index in [9.17, 15) is 4.79 Å². The number of hydrogen-bond donors (Lipinski definition) is 0. The van der Waals surface area contributed by atoms with Crippen LogP contribution in [0.4, 0.5) is 0 Å². The van der Waals surface area contributed by atoms with Crippen LogP contribution in [0.25, 0.3) is 0 Å². The van der Waals surface area contributed by atoms with Gasteiger partial charge in [-0.05, 0) is 44.4 Å². The Morgan fingerprint density at radius 2 is 2.04 bits per heavy atom. The van der Waals surface area contributed by atoms with Gasteiger partial charge in [0, 0.05) is 44.6 Å². The third-order valence-corrected chi connectivity index (χ3v) is 6.19. The van der Waals surface area contributed by atoms with E-state index in [1.165, 1.54) is 25.1 Å². The molecule has 2 saturated heterocycles. The second-order valence-corrected chi connectivity index (χ2v) is 8.04. The Hall–Kier alpha value is -1.40. The number of amides is 1. The lowest BCUT2D eigenvalue weighted by Gasteiger charge is -2.33. The number of likely N-dealkylation sites (tertiary alicyclic amines) is 1. The second kappa shape index (κ2) is 8.53. The van der Waals surface area contributed by atoms with Gasteiger partial charge in [-0.1, -0.05) is 6.42 Å². The molecule has 0 N–H and O–H groups in total. The Kier molecular flexibility index (Phi) is 5.90. The maximum Gasteiger partial charge on any atom is 0.248 e. The molecule has 1 aromatic rings. The van der Waals surface area contributed by atoms with Crippen LogP contribution in [0.1, 0.15) is 56.7 Å². The molecular formula is C20H31N3O3. The number of rotatable bonds is 7. The van der Waals surface area contributed by atoms with Gasteiger partial charge in [0.1, 0.15) is 12.4 Å². The predicted molar refractivity (Wildman–Crippen MR) is 97.9 cm³/mol. The topological polar surface area (TPSA) is 56.6 Å². The number of nitrogens with zero attached hydrogens (tertiary/aromatic N) is 3. The van der Waals surface area contributed by atoms with Gasteiger partial charge < -0.3 is 18.9 Å². The molecule has 26 heavy (non-hydrogen) atoms. The van der Waals surface area contributed by atoms with E-state index in [0.717, 1.165) is 57.8 Å². The average molecular weight is 361 g/mol. The molecule has 3 aliphatic rings. The fraction of sp³-hybridized carbons (Fsp3) is 0.800. The molecule has 0 unspecified atom stereocenters. The summed E-state index contributed by atoms with van der Waals surface area (Å²) in [7, 11) is 0. The molecule has 3 fully saturated rings. The van der Waals surface area contributed by atoms with Gasteiger partial charge in [0.2, 0.25) is 5.91 Å². The fourth-order valence-electron chi connectivity index (χ4n) is 4.32. The first-order chi connectivity index (χ1) is 12.8. The minimum absolute atomic E-state index is 0.110. The molecule has 2 aliphatic heterocycles. The maximum absolute atomic E-state index is 12.4. The molecule has 6 heteroatoms. The van der Waals surface area contributed by atoms with Crippen LogP contribution >= 0.6 is 0 Å². The summed E-state index contributed by atoms with van der Waals surface area (Å²) < 4.78 is 13.5. The van der Waals surface area contributed by atoms with E-state index in [-0.39, 0.29) is 18.6 Å². The zero-order valence-corrected chi connectivity index (χ0v) is 15.6. The summed E-state index contributed by atoms with van der Waals surface area (Å²) in [5.74, 6) is 2.64. The molecule has 0 aromatic carbocycles. The van der Waals surface area contributed by atoms with Gasteiger partial charge in [-0.15, -0.1) is 0 Å². The highest BCUT2D eigenvalue weighted by atomic mass is 16.5. The van der Waals surface area contributed by atoms with Crippen LogP contribution < -0.4 is 0 Å². The largest absolute Gasteiger partial charge is 0.376 e. The highest BCUT2D eigenvalue weighted by Gasteiger charge is 2.28. The lowest BCUT2D eigenvalue weighted by Crippen LogP contribution is -2.40. The summed E-state index contributed by atoms with van der Waals surface area (Å²) in [6, 6.07) is 0. The van der Waals surface area contributed by atoms with Crippen molar-refractivity contribution < 1.29 is 14.3 Å². The Balaban J connectivity index is 1.21. The molecule has 3 heterocycles. The van der Waals surface area contributed by atoms with Crippen molar-refractivity contribution in [1.82, 2.24) is 14.5 Å². The summed E-state index contributed by atoms with van der Waals surface area (Å²) in [6.07, 6.45) is 12.5. The van der Waals surface area contributed by atoms with Gasteiger partial charge in [0.25, 0.3) is 0 Å². The molecule has 1 atom stereocenters. The summed E-state index contributed by atoms with van der Waals surface area (Å²) in [5, 5.41) is 0. The summed E-state index contributed by atoms with van der Waals surface area (Å²) in [6.45, 7) is 4.28. The van der Waals surface area contributed by atoms with E-state index in [4.69, 9.17) is 9.47 Å². The van der Waals surface area contributed by atoms with Crippen LogP contribution in [-0.2, 0) is 20.8 Å². The molecule has 0 radical (unpaired) electrons. The smallest absolute Gasteiger partial charge is 0.248 e. The van der Waals surface area contributed by atoms with E-state index < -0.39 is 0 Å². The van der Waals surface area contributed by atoms with Crippen LogP contribution in [0, 0.1) is 5.92 Å². The molecule has 1 aliphatic carbocycles. The maximum atomic E-state index is 12.4. The monoisotopic (exact) mass is 361 g/mol. The Labute approximate surface area is 155 Å². The van der Waals surface area contributed by atoms with Crippen molar-refractivity contribution in [3.05, 3.63) is 18.2 Å². The van der Waals surface area contributed by atoms with Crippen LogP contribution in [0.3, 0.4) is 0 Å². The third kappa shape index (κ3) is 4.29. The molecule has 4 rings (SSSR count). The number of aromatic nitrogens is 2. The number of carbonyl (C=O) groups excluding carboxylic acids is 1. The van der Waals surface area contributed by atoms with Crippen LogP contribution in [0.2, 0.25) is 0 Å². The van der Waals surface area contributed by atoms with Crippen molar-refractivity contribution in [2.45, 2.75) is 63.5 Å². The fourth-order valence-corrected chi connectivity index (χ4v) is 4.32. The van der Waals surface area contributed by atoms with Crippen LogP contribution in [0.5, 0.6) is 0 Å². The number of ether oxygens (including phenoxy) is 2. The third-order valence-electron chi connectivity index (χ3n) is 6.19. The molecule has 0 spiro atoms. The molecular weight excluding hydrogens is 330 g/mol. The van der Waals surface area contributed by atoms with Gasteiger partial charge in [-0.2, -0.15) is 0 Å². The van der Waals surface area contributed by atoms with Crippen molar-refractivity contribution in [3.63, 3.8) is 0 Å². The van der Waals surface area contributed by atoms with E-state index in [1.807, 2.05) is 11.1 Å². The van der Waals surface area contributed by atoms with Crippen LogP contribution in [0.15, 0.2) is 12.4 Å². The van der Waals surface area contributed by atoms with Crippen LogP contribution in [-0.4, -0.2) is 59.4 Å². The highest BCUT2D eigenvalue weighted by molar-refractivity contribution is 5.77. The van der Waals surface area contributed by atoms with Crippen molar-refractivity contribution >= 4 is 5.91 Å². The van der Waals surface area contributed by atoms with Gasteiger partial charge >= 0.3 is 0 Å². The number of carbonyl (C=O) groups is 1. The number of imidazole rings is 1. The summed E-state index contributed by atoms with van der Waals surface area (Å²) >= 11 is 0. The van der Waals surface area contributed by atoms with E-state index in [0.29, 0.717) is 12.5 Å². The minimum Gasteiger partial charge on any atom is -0.376 e. The van der Waals surface area contributed by atoms with E-state index in [1.54, 1.807) is 0 Å².